The molecule has 132 valence electrons. The Labute approximate surface area is 140 Å². The maximum atomic E-state index is 12.7. The lowest BCUT2D eigenvalue weighted by Crippen LogP contribution is -2.63. The summed E-state index contributed by atoms with van der Waals surface area (Å²) in [6, 6.07) is 0.364. The fraction of sp³-hybridized carbons (Fsp3) is 0.643. The van der Waals surface area contributed by atoms with E-state index in [1.165, 1.54) is 4.90 Å². The Morgan fingerprint density at radius 1 is 1.21 bits per heavy atom. The molecule has 10 heteroatoms. The van der Waals surface area contributed by atoms with E-state index >= 15 is 0 Å². The lowest BCUT2D eigenvalue weighted by atomic mass is 10.0. The molecular weight excluding hydrogens is 334 g/mol. The number of hydrogen-bond acceptors (Lipinski definition) is 5. The van der Waals surface area contributed by atoms with Crippen LogP contribution in [0.4, 0.5) is 4.79 Å². The van der Waals surface area contributed by atoms with Gasteiger partial charge in [0, 0.05) is 32.9 Å². The number of carbonyl (C=O) groups excluding carboxylic acids is 2. The first-order valence-corrected chi connectivity index (χ1v) is 9.53. The van der Waals surface area contributed by atoms with Gasteiger partial charge < -0.3 is 14.7 Å². The SMILES string of the molecule is Cc1cc(C(=O)N2CCN(C(=O)N(C)C)[C@H]3CS(=O)(=O)C[C@H]32)n[nH]1. The maximum Gasteiger partial charge on any atom is 0.319 e. The summed E-state index contributed by atoms with van der Waals surface area (Å²) < 4.78 is 24.3. The van der Waals surface area contributed by atoms with E-state index in [2.05, 4.69) is 10.2 Å². The number of aryl methyl sites for hydroxylation is 1. The highest BCUT2D eigenvalue weighted by Crippen LogP contribution is 2.28. The predicted octanol–water partition coefficient (Wildman–Crippen LogP) is -0.677. The van der Waals surface area contributed by atoms with Crippen molar-refractivity contribution >= 4 is 21.8 Å². The van der Waals surface area contributed by atoms with E-state index < -0.39 is 21.9 Å². The van der Waals surface area contributed by atoms with Crippen LogP contribution in [-0.2, 0) is 9.84 Å². The smallest absolute Gasteiger partial charge is 0.319 e. The monoisotopic (exact) mass is 355 g/mol. The molecular formula is C14H21N5O4S. The third-order valence-electron chi connectivity index (χ3n) is 4.49. The summed E-state index contributed by atoms with van der Waals surface area (Å²) in [7, 11) is -0.0393. The summed E-state index contributed by atoms with van der Waals surface area (Å²) in [5, 5.41) is 6.69. The Kier molecular flexibility index (Phi) is 4.02. The van der Waals surface area contributed by atoms with E-state index in [0.29, 0.717) is 13.1 Å². The second-order valence-electron chi connectivity index (χ2n) is 6.52. The van der Waals surface area contributed by atoms with Gasteiger partial charge in [-0.2, -0.15) is 5.10 Å². The average Bonchev–Trinajstić information content (AvgIpc) is 3.06. The van der Waals surface area contributed by atoms with Crippen molar-refractivity contribution in [2.45, 2.75) is 19.0 Å². The topological polar surface area (TPSA) is 107 Å². The molecule has 0 unspecified atom stereocenters. The first kappa shape index (κ1) is 16.7. The predicted molar refractivity (Wildman–Crippen MR) is 86.4 cm³/mol. The van der Waals surface area contributed by atoms with Crippen molar-refractivity contribution in [3.8, 4) is 0 Å². The molecule has 3 heterocycles. The zero-order valence-corrected chi connectivity index (χ0v) is 14.7. The number of urea groups is 1. The van der Waals surface area contributed by atoms with Gasteiger partial charge >= 0.3 is 6.03 Å². The molecule has 2 aliphatic rings. The minimum atomic E-state index is -3.30. The van der Waals surface area contributed by atoms with Crippen molar-refractivity contribution < 1.29 is 18.0 Å². The second kappa shape index (κ2) is 5.76. The summed E-state index contributed by atoms with van der Waals surface area (Å²) >= 11 is 0. The normalized spacial score (nSPS) is 25.5. The van der Waals surface area contributed by atoms with Crippen LogP contribution in [0.25, 0.3) is 0 Å². The minimum Gasteiger partial charge on any atom is -0.331 e. The first-order chi connectivity index (χ1) is 11.2. The Morgan fingerprint density at radius 3 is 2.33 bits per heavy atom. The Hall–Kier alpha value is -2.10. The number of piperazine rings is 1. The van der Waals surface area contributed by atoms with Crippen LogP contribution in [0, 0.1) is 6.92 Å². The molecule has 2 aliphatic heterocycles. The number of aromatic nitrogens is 2. The molecule has 0 radical (unpaired) electrons. The van der Waals surface area contributed by atoms with Crippen LogP contribution in [0.1, 0.15) is 16.2 Å². The summed E-state index contributed by atoms with van der Waals surface area (Å²) in [4.78, 5) is 29.6. The van der Waals surface area contributed by atoms with E-state index in [0.717, 1.165) is 5.69 Å². The van der Waals surface area contributed by atoms with Gasteiger partial charge in [-0.3, -0.25) is 9.89 Å². The standard InChI is InChI=1S/C14H21N5O4S/c1-9-6-10(16-15-9)13(20)18-4-5-19(14(21)17(2)3)12-8-24(22,23)7-11(12)18/h6,11-12H,4-5,7-8H2,1-3H3,(H,15,16)/t11-,12+/m1/s1. The van der Waals surface area contributed by atoms with Crippen molar-refractivity contribution in [2.75, 3.05) is 38.7 Å². The summed E-state index contributed by atoms with van der Waals surface area (Å²) in [6.45, 7) is 2.39. The summed E-state index contributed by atoms with van der Waals surface area (Å²) in [5.74, 6) is -0.534. The number of hydrogen-bond donors (Lipinski definition) is 1. The van der Waals surface area contributed by atoms with Crippen LogP contribution in [0.5, 0.6) is 0 Å². The van der Waals surface area contributed by atoms with E-state index in [1.54, 1.807) is 36.9 Å². The van der Waals surface area contributed by atoms with Gasteiger partial charge in [0.2, 0.25) is 0 Å². The van der Waals surface area contributed by atoms with Crippen LogP contribution >= 0.6 is 0 Å². The fourth-order valence-corrected chi connectivity index (χ4v) is 5.36. The number of nitrogens with one attached hydrogen (secondary N) is 1. The molecule has 24 heavy (non-hydrogen) atoms. The molecule has 2 fully saturated rings. The van der Waals surface area contributed by atoms with Crippen molar-refractivity contribution in [3.63, 3.8) is 0 Å². The number of sulfone groups is 1. The van der Waals surface area contributed by atoms with Crippen molar-refractivity contribution in [1.29, 1.82) is 0 Å². The Bertz CT molecular complexity index is 772. The molecule has 0 saturated carbocycles. The second-order valence-corrected chi connectivity index (χ2v) is 8.67. The van der Waals surface area contributed by atoms with Crippen molar-refractivity contribution in [3.05, 3.63) is 17.5 Å². The fourth-order valence-electron chi connectivity index (χ4n) is 3.37. The number of carbonyl (C=O) groups is 2. The molecule has 2 atom stereocenters. The molecule has 2 saturated heterocycles. The van der Waals surface area contributed by atoms with Gasteiger partial charge in [0.05, 0.1) is 23.6 Å². The van der Waals surface area contributed by atoms with E-state index in [4.69, 9.17) is 0 Å². The van der Waals surface area contributed by atoms with Gasteiger partial charge in [-0.15, -0.1) is 0 Å². The largest absolute Gasteiger partial charge is 0.331 e. The summed E-state index contributed by atoms with van der Waals surface area (Å²) in [6.07, 6.45) is 0. The number of nitrogens with zero attached hydrogens (tertiary/aromatic N) is 4. The zero-order valence-electron chi connectivity index (χ0n) is 13.9. The number of H-pyrrole nitrogens is 1. The molecule has 0 spiro atoms. The van der Waals surface area contributed by atoms with E-state index in [9.17, 15) is 18.0 Å². The van der Waals surface area contributed by atoms with E-state index in [1.807, 2.05) is 0 Å². The summed E-state index contributed by atoms with van der Waals surface area (Å²) in [5.41, 5.74) is 1.03. The van der Waals surface area contributed by atoms with Crippen LogP contribution in [0.15, 0.2) is 6.07 Å². The Balaban J connectivity index is 1.90. The molecule has 0 aromatic carbocycles. The van der Waals surface area contributed by atoms with E-state index in [-0.39, 0.29) is 29.1 Å². The Morgan fingerprint density at radius 2 is 1.79 bits per heavy atom. The average molecular weight is 355 g/mol. The number of amides is 3. The maximum absolute atomic E-state index is 12.7. The lowest BCUT2D eigenvalue weighted by molar-refractivity contribution is 0.0388. The van der Waals surface area contributed by atoms with Crippen LogP contribution < -0.4 is 0 Å². The van der Waals surface area contributed by atoms with Crippen LogP contribution in [0.3, 0.4) is 0 Å². The van der Waals surface area contributed by atoms with Gasteiger partial charge in [-0.1, -0.05) is 0 Å². The van der Waals surface area contributed by atoms with Crippen LogP contribution in [-0.4, -0.2) is 96.0 Å². The molecule has 3 rings (SSSR count). The molecule has 1 aromatic heterocycles. The third-order valence-corrected chi connectivity index (χ3v) is 6.19. The zero-order chi connectivity index (χ0) is 17.6. The highest BCUT2D eigenvalue weighted by Gasteiger charge is 2.50. The van der Waals surface area contributed by atoms with Crippen LogP contribution in [0.2, 0.25) is 0 Å². The third kappa shape index (κ3) is 2.85. The minimum absolute atomic E-state index is 0.110. The molecule has 0 bridgehead atoms. The molecule has 3 amide bonds. The van der Waals surface area contributed by atoms with Crippen molar-refractivity contribution in [1.82, 2.24) is 24.9 Å². The van der Waals surface area contributed by atoms with Gasteiger partial charge in [0.15, 0.2) is 9.84 Å². The van der Waals surface area contributed by atoms with Gasteiger partial charge in [0.1, 0.15) is 5.69 Å². The number of aromatic amines is 1. The van der Waals surface area contributed by atoms with Gasteiger partial charge in [-0.25, -0.2) is 13.2 Å². The molecule has 1 aromatic rings. The molecule has 9 nitrogen and oxygen atoms in total. The highest BCUT2D eigenvalue weighted by molar-refractivity contribution is 7.91. The molecule has 1 N–H and O–H groups in total. The molecule has 0 aliphatic carbocycles. The number of fused-ring (bicyclic) bond motifs is 1. The lowest BCUT2D eigenvalue weighted by Gasteiger charge is -2.44. The van der Waals surface area contributed by atoms with Crippen molar-refractivity contribution in [2.24, 2.45) is 0 Å². The van der Waals surface area contributed by atoms with Gasteiger partial charge in [0.25, 0.3) is 5.91 Å². The number of rotatable bonds is 1. The van der Waals surface area contributed by atoms with Gasteiger partial charge in [-0.05, 0) is 13.0 Å². The highest BCUT2D eigenvalue weighted by atomic mass is 32.2. The quantitative estimate of drug-likeness (QED) is 0.718. The first-order valence-electron chi connectivity index (χ1n) is 7.71.